The summed E-state index contributed by atoms with van der Waals surface area (Å²) in [6.45, 7) is 5.37. The van der Waals surface area contributed by atoms with Crippen molar-refractivity contribution < 1.29 is 14.7 Å². The Balaban J connectivity index is 2.23. The van der Waals surface area contributed by atoms with Crippen LogP contribution in [0.25, 0.3) is 0 Å². The number of aryl methyl sites for hydroxylation is 2. The zero-order chi connectivity index (χ0) is 17.9. The fourth-order valence-corrected chi connectivity index (χ4v) is 2.72. The molecule has 0 bridgehead atoms. The first-order chi connectivity index (χ1) is 11.3. The molecule has 2 aromatic rings. The Morgan fingerprint density at radius 2 is 1.71 bits per heavy atom. The number of benzene rings is 2. The van der Waals surface area contributed by atoms with Crippen molar-refractivity contribution in [3.63, 3.8) is 0 Å². The highest BCUT2D eigenvalue weighted by atomic mass is 35.5. The van der Waals surface area contributed by atoms with Gasteiger partial charge in [-0.25, -0.2) is 0 Å². The molecule has 4 nitrogen and oxygen atoms in total. The van der Waals surface area contributed by atoms with Crippen LogP contribution >= 0.6 is 11.6 Å². The normalized spacial score (nSPS) is 13.2. The third-order valence-electron chi connectivity index (χ3n) is 4.31. The molecular formula is C19H20ClNO3. The van der Waals surface area contributed by atoms with Crippen LogP contribution in [-0.4, -0.2) is 23.5 Å². The highest BCUT2D eigenvalue weighted by molar-refractivity contribution is 6.34. The van der Waals surface area contributed by atoms with Crippen molar-refractivity contribution in [2.24, 2.45) is 0 Å². The first kappa shape index (κ1) is 18.0. The Labute approximate surface area is 146 Å². The van der Waals surface area contributed by atoms with Crippen molar-refractivity contribution in [3.8, 4) is 0 Å². The molecule has 1 atom stereocenters. The predicted octanol–water partition coefficient (Wildman–Crippen LogP) is 3.73. The van der Waals surface area contributed by atoms with Crippen LogP contribution in [-0.2, 0) is 10.2 Å². The molecule has 1 unspecified atom stereocenters. The van der Waals surface area contributed by atoms with E-state index in [1.807, 2.05) is 19.9 Å². The van der Waals surface area contributed by atoms with Crippen molar-refractivity contribution >= 4 is 23.5 Å². The van der Waals surface area contributed by atoms with E-state index in [2.05, 4.69) is 5.32 Å². The zero-order valence-electron chi connectivity index (χ0n) is 13.9. The van der Waals surface area contributed by atoms with Gasteiger partial charge in [0, 0.05) is 6.54 Å². The number of hydrogen-bond donors (Lipinski definition) is 2. The highest BCUT2D eigenvalue weighted by Crippen LogP contribution is 2.24. The summed E-state index contributed by atoms with van der Waals surface area (Å²) in [7, 11) is 0. The first-order valence-electron chi connectivity index (χ1n) is 7.59. The molecule has 5 heteroatoms. The van der Waals surface area contributed by atoms with E-state index < -0.39 is 11.4 Å². The molecule has 24 heavy (non-hydrogen) atoms. The largest absolute Gasteiger partial charge is 0.481 e. The van der Waals surface area contributed by atoms with Gasteiger partial charge in [-0.3, -0.25) is 9.59 Å². The Morgan fingerprint density at radius 1 is 1.12 bits per heavy atom. The van der Waals surface area contributed by atoms with E-state index in [0.717, 1.165) is 11.1 Å². The molecule has 2 rings (SSSR count). The van der Waals surface area contributed by atoms with Crippen LogP contribution in [0.5, 0.6) is 0 Å². The molecule has 0 aliphatic rings. The van der Waals surface area contributed by atoms with Crippen LogP contribution < -0.4 is 5.32 Å². The minimum Gasteiger partial charge on any atom is -0.481 e. The number of aliphatic carboxylic acids is 1. The number of halogens is 1. The van der Waals surface area contributed by atoms with E-state index in [1.165, 1.54) is 0 Å². The maximum atomic E-state index is 12.4. The number of carbonyl (C=O) groups excluding carboxylic acids is 1. The lowest BCUT2D eigenvalue weighted by Crippen LogP contribution is -2.44. The van der Waals surface area contributed by atoms with Gasteiger partial charge in [-0.05, 0) is 49.6 Å². The lowest BCUT2D eigenvalue weighted by atomic mass is 9.82. The van der Waals surface area contributed by atoms with E-state index in [1.54, 1.807) is 43.3 Å². The number of carboxylic acids is 1. The molecule has 2 aromatic carbocycles. The molecule has 0 saturated carbocycles. The van der Waals surface area contributed by atoms with E-state index in [0.29, 0.717) is 16.1 Å². The first-order valence-corrected chi connectivity index (χ1v) is 7.97. The molecule has 0 aliphatic heterocycles. The average Bonchev–Trinajstić information content (AvgIpc) is 2.56. The second-order valence-electron chi connectivity index (χ2n) is 6.10. The SMILES string of the molecule is Cc1cc(Cl)c(C(=O)NCC(C)(C(=O)O)c2ccccc2)cc1C. The maximum absolute atomic E-state index is 12.4. The molecule has 0 spiro atoms. The van der Waals surface area contributed by atoms with Crippen LogP contribution in [0, 0.1) is 13.8 Å². The number of amides is 1. The van der Waals surface area contributed by atoms with Crippen LogP contribution in [0.4, 0.5) is 0 Å². The van der Waals surface area contributed by atoms with Crippen molar-refractivity contribution in [2.75, 3.05) is 6.54 Å². The van der Waals surface area contributed by atoms with E-state index in [4.69, 9.17) is 11.6 Å². The summed E-state index contributed by atoms with van der Waals surface area (Å²) < 4.78 is 0. The van der Waals surface area contributed by atoms with Crippen molar-refractivity contribution in [1.29, 1.82) is 0 Å². The minimum atomic E-state index is -1.22. The van der Waals surface area contributed by atoms with Crippen molar-refractivity contribution in [1.82, 2.24) is 5.32 Å². The van der Waals surface area contributed by atoms with Gasteiger partial charge < -0.3 is 10.4 Å². The lowest BCUT2D eigenvalue weighted by Gasteiger charge is -2.26. The summed E-state index contributed by atoms with van der Waals surface area (Å²) in [6, 6.07) is 12.3. The smallest absolute Gasteiger partial charge is 0.315 e. The number of carboxylic acid groups (broad SMARTS) is 1. The Kier molecular flexibility index (Phi) is 5.30. The maximum Gasteiger partial charge on any atom is 0.315 e. The molecule has 0 aliphatic carbocycles. The molecule has 0 heterocycles. The van der Waals surface area contributed by atoms with Gasteiger partial charge in [0.1, 0.15) is 5.41 Å². The predicted molar refractivity (Wildman–Crippen MR) is 94.7 cm³/mol. The summed E-state index contributed by atoms with van der Waals surface area (Å²) in [5, 5.41) is 12.7. The van der Waals surface area contributed by atoms with E-state index >= 15 is 0 Å². The number of rotatable bonds is 5. The Morgan fingerprint density at radius 3 is 2.29 bits per heavy atom. The van der Waals surface area contributed by atoms with Gasteiger partial charge in [-0.2, -0.15) is 0 Å². The quantitative estimate of drug-likeness (QED) is 0.867. The fraction of sp³-hybridized carbons (Fsp3) is 0.263. The number of nitrogens with one attached hydrogen (secondary N) is 1. The second-order valence-corrected chi connectivity index (χ2v) is 6.51. The van der Waals surface area contributed by atoms with Crippen LogP contribution in [0.3, 0.4) is 0 Å². The monoisotopic (exact) mass is 345 g/mol. The lowest BCUT2D eigenvalue weighted by molar-refractivity contribution is -0.142. The van der Waals surface area contributed by atoms with Gasteiger partial charge in [0.25, 0.3) is 5.91 Å². The van der Waals surface area contributed by atoms with Crippen LogP contribution in [0.1, 0.15) is 34.0 Å². The summed E-state index contributed by atoms with van der Waals surface area (Å²) in [5.41, 5.74) is 1.71. The summed E-state index contributed by atoms with van der Waals surface area (Å²) in [5.74, 6) is -1.38. The third kappa shape index (κ3) is 3.60. The van der Waals surface area contributed by atoms with E-state index in [-0.39, 0.29) is 12.5 Å². The van der Waals surface area contributed by atoms with E-state index in [9.17, 15) is 14.7 Å². The Hall–Kier alpha value is -2.33. The van der Waals surface area contributed by atoms with Gasteiger partial charge in [-0.1, -0.05) is 41.9 Å². The minimum absolute atomic E-state index is 0.0333. The zero-order valence-corrected chi connectivity index (χ0v) is 14.6. The third-order valence-corrected chi connectivity index (χ3v) is 4.63. The number of carbonyl (C=O) groups is 2. The van der Waals surface area contributed by atoms with Gasteiger partial charge in [0.2, 0.25) is 0 Å². The summed E-state index contributed by atoms with van der Waals surface area (Å²) in [6.07, 6.45) is 0. The molecule has 0 fully saturated rings. The van der Waals surface area contributed by atoms with Crippen molar-refractivity contribution in [2.45, 2.75) is 26.2 Å². The Bertz CT molecular complexity index is 774. The topological polar surface area (TPSA) is 66.4 Å². The summed E-state index contributed by atoms with van der Waals surface area (Å²) in [4.78, 5) is 24.2. The molecule has 0 radical (unpaired) electrons. The van der Waals surface area contributed by atoms with Crippen molar-refractivity contribution in [3.05, 3.63) is 69.7 Å². The molecule has 0 saturated heterocycles. The molecule has 1 amide bonds. The van der Waals surface area contributed by atoms with Crippen LogP contribution in [0.15, 0.2) is 42.5 Å². The van der Waals surface area contributed by atoms with Crippen LogP contribution in [0.2, 0.25) is 5.02 Å². The summed E-state index contributed by atoms with van der Waals surface area (Å²) >= 11 is 6.15. The fourth-order valence-electron chi connectivity index (χ4n) is 2.41. The standard InChI is InChI=1S/C19H20ClNO3/c1-12-9-15(16(20)10-13(12)2)17(22)21-11-19(3,18(23)24)14-7-5-4-6-8-14/h4-10H,11H2,1-3H3,(H,21,22)(H,23,24). The molecule has 126 valence electrons. The second kappa shape index (κ2) is 7.05. The van der Waals surface area contributed by atoms with Gasteiger partial charge >= 0.3 is 5.97 Å². The molecule has 2 N–H and O–H groups in total. The average molecular weight is 346 g/mol. The van der Waals surface area contributed by atoms with Gasteiger partial charge in [0.15, 0.2) is 0 Å². The molecule has 0 aromatic heterocycles. The number of hydrogen-bond acceptors (Lipinski definition) is 2. The highest BCUT2D eigenvalue weighted by Gasteiger charge is 2.35. The molecular weight excluding hydrogens is 326 g/mol. The van der Waals surface area contributed by atoms with Gasteiger partial charge in [0.05, 0.1) is 10.6 Å². The van der Waals surface area contributed by atoms with Gasteiger partial charge in [-0.15, -0.1) is 0 Å².